The smallest absolute Gasteiger partial charge is 0.358 e. The minimum atomic E-state index is -1.19. The molecule has 0 bridgehead atoms. The Labute approximate surface area is 102 Å². The molecule has 18 heavy (non-hydrogen) atoms. The minimum Gasteiger partial charge on any atom is -0.494 e. The molecule has 1 N–H and O–H groups in total. The Hall–Kier alpha value is -2.44. The molecular formula is C11H10FN3O3. The largest absolute Gasteiger partial charge is 0.494 e. The quantitative estimate of drug-likeness (QED) is 0.892. The fourth-order valence-electron chi connectivity index (χ4n) is 1.58. The van der Waals surface area contributed by atoms with Crippen molar-refractivity contribution in [3.63, 3.8) is 0 Å². The molecule has 1 aromatic carbocycles. The molecule has 0 radical (unpaired) electrons. The molecule has 0 fully saturated rings. The Morgan fingerprint density at radius 3 is 2.78 bits per heavy atom. The number of hydrogen-bond donors (Lipinski definition) is 1. The molecule has 0 aliphatic carbocycles. The number of hydrogen-bond acceptors (Lipinski definition) is 4. The third-order valence-corrected chi connectivity index (χ3v) is 2.47. The third kappa shape index (κ3) is 1.90. The Morgan fingerprint density at radius 2 is 2.22 bits per heavy atom. The lowest BCUT2D eigenvalue weighted by atomic mass is 10.2. The first-order valence-corrected chi connectivity index (χ1v) is 5.04. The molecule has 0 saturated carbocycles. The number of halogens is 1. The molecule has 7 heteroatoms. The van der Waals surface area contributed by atoms with Gasteiger partial charge in [-0.15, -0.1) is 5.10 Å². The average Bonchev–Trinajstić information content (AvgIpc) is 2.71. The summed E-state index contributed by atoms with van der Waals surface area (Å²) in [5, 5.41) is 16.1. The Kier molecular flexibility index (Phi) is 2.97. The van der Waals surface area contributed by atoms with E-state index < -0.39 is 11.8 Å². The van der Waals surface area contributed by atoms with Crippen LogP contribution in [0.1, 0.15) is 16.2 Å². The highest BCUT2D eigenvalue weighted by Gasteiger charge is 2.18. The Bertz CT molecular complexity index is 610. The van der Waals surface area contributed by atoms with Gasteiger partial charge in [-0.05, 0) is 19.1 Å². The van der Waals surface area contributed by atoms with Crippen LogP contribution in [0, 0.1) is 12.7 Å². The zero-order valence-corrected chi connectivity index (χ0v) is 9.72. The lowest BCUT2D eigenvalue weighted by molar-refractivity contribution is 0.0689. The van der Waals surface area contributed by atoms with Crippen molar-refractivity contribution in [2.45, 2.75) is 6.92 Å². The maximum atomic E-state index is 13.2. The van der Waals surface area contributed by atoms with Crippen LogP contribution < -0.4 is 4.74 Å². The molecule has 2 rings (SSSR count). The van der Waals surface area contributed by atoms with Crippen LogP contribution in [-0.4, -0.2) is 33.2 Å². The van der Waals surface area contributed by atoms with Gasteiger partial charge in [0.2, 0.25) is 0 Å². The van der Waals surface area contributed by atoms with Crippen LogP contribution in [0.25, 0.3) is 5.69 Å². The van der Waals surface area contributed by atoms with E-state index in [1.807, 2.05) is 0 Å². The number of nitrogens with zero attached hydrogens (tertiary/aromatic N) is 3. The standard InChI is InChI=1S/C11H10FN3O3/c1-6-10(11(16)17)13-14-15(6)8-5-7(12)3-4-9(8)18-2/h3-5H,1-2H3,(H,16,17). The van der Waals surface area contributed by atoms with Gasteiger partial charge >= 0.3 is 5.97 Å². The summed E-state index contributed by atoms with van der Waals surface area (Å²) in [7, 11) is 1.43. The highest BCUT2D eigenvalue weighted by atomic mass is 19.1. The number of carbonyl (C=O) groups is 1. The van der Waals surface area contributed by atoms with Crippen molar-refractivity contribution in [3.8, 4) is 11.4 Å². The van der Waals surface area contributed by atoms with Crippen LogP contribution in [-0.2, 0) is 0 Å². The molecule has 0 spiro atoms. The molecule has 1 aromatic heterocycles. The summed E-state index contributed by atoms with van der Waals surface area (Å²) in [6, 6.07) is 3.88. The molecule has 2 aromatic rings. The summed E-state index contributed by atoms with van der Waals surface area (Å²) in [5.74, 6) is -1.28. The van der Waals surface area contributed by atoms with Gasteiger partial charge in [0.1, 0.15) is 17.3 Å². The van der Waals surface area contributed by atoms with Gasteiger partial charge in [-0.1, -0.05) is 5.21 Å². The second-order valence-electron chi connectivity index (χ2n) is 3.56. The number of ether oxygens (including phenoxy) is 1. The number of methoxy groups -OCH3 is 1. The second kappa shape index (κ2) is 4.44. The van der Waals surface area contributed by atoms with Gasteiger partial charge < -0.3 is 9.84 Å². The van der Waals surface area contributed by atoms with E-state index >= 15 is 0 Å². The van der Waals surface area contributed by atoms with E-state index in [0.29, 0.717) is 17.1 Å². The Morgan fingerprint density at radius 1 is 1.50 bits per heavy atom. The first-order valence-electron chi connectivity index (χ1n) is 5.04. The lowest BCUT2D eigenvalue weighted by Crippen LogP contribution is -2.04. The fourth-order valence-corrected chi connectivity index (χ4v) is 1.58. The molecule has 0 atom stereocenters. The van der Waals surface area contributed by atoms with E-state index in [1.165, 1.54) is 36.9 Å². The van der Waals surface area contributed by atoms with Crippen molar-refractivity contribution in [1.29, 1.82) is 0 Å². The van der Waals surface area contributed by atoms with E-state index in [0.717, 1.165) is 0 Å². The number of carboxylic acid groups (broad SMARTS) is 1. The van der Waals surface area contributed by atoms with Crippen molar-refractivity contribution in [2.24, 2.45) is 0 Å². The van der Waals surface area contributed by atoms with Crippen molar-refractivity contribution in [2.75, 3.05) is 7.11 Å². The van der Waals surface area contributed by atoms with Crippen molar-refractivity contribution >= 4 is 5.97 Å². The number of aromatic nitrogens is 3. The van der Waals surface area contributed by atoms with E-state index in [4.69, 9.17) is 9.84 Å². The van der Waals surface area contributed by atoms with Gasteiger partial charge in [0, 0.05) is 6.07 Å². The summed E-state index contributed by atoms with van der Waals surface area (Å²) in [6.45, 7) is 1.54. The zero-order valence-electron chi connectivity index (χ0n) is 9.72. The predicted molar refractivity (Wildman–Crippen MR) is 59.6 cm³/mol. The minimum absolute atomic E-state index is 0.179. The summed E-state index contributed by atoms with van der Waals surface area (Å²) < 4.78 is 19.5. The number of carboxylic acids is 1. The maximum absolute atomic E-state index is 13.2. The summed E-state index contributed by atoms with van der Waals surface area (Å²) in [5.41, 5.74) is 0.419. The van der Waals surface area contributed by atoms with Crippen LogP contribution in [0.2, 0.25) is 0 Å². The normalized spacial score (nSPS) is 10.4. The number of rotatable bonds is 3. The maximum Gasteiger partial charge on any atom is 0.358 e. The van der Waals surface area contributed by atoms with E-state index in [-0.39, 0.29) is 5.69 Å². The van der Waals surface area contributed by atoms with Gasteiger partial charge in [-0.2, -0.15) is 0 Å². The first kappa shape index (κ1) is 12.0. The van der Waals surface area contributed by atoms with Crippen molar-refractivity contribution < 1.29 is 19.0 Å². The molecule has 0 aliphatic rings. The monoisotopic (exact) mass is 251 g/mol. The molecule has 0 unspecified atom stereocenters. The number of aromatic carboxylic acids is 1. The van der Waals surface area contributed by atoms with Crippen LogP contribution in [0.5, 0.6) is 5.75 Å². The van der Waals surface area contributed by atoms with Crippen molar-refractivity contribution in [1.82, 2.24) is 15.0 Å². The van der Waals surface area contributed by atoms with E-state index in [1.54, 1.807) is 0 Å². The zero-order chi connectivity index (χ0) is 13.3. The van der Waals surface area contributed by atoms with Gasteiger partial charge in [-0.25, -0.2) is 13.9 Å². The summed E-state index contributed by atoms with van der Waals surface area (Å²) >= 11 is 0. The first-order chi connectivity index (χ1) is 8.54. The topological polar surface area (TPSA) is 77.2 Å². The van der Waals surface area contributed by atoms with Gasteiger partial charge in [0.15, 0.2) is 5.69 Å². The van der Waals surface area contributed by atoms with Gasteiger partial charge in [-0.3, -0.25) is 0 Å². The highest BCUT2D eigenvalue weighted by Crippen LogP contribution is 2.24. The van der Waals surface area contributed by atoms with E-state index in [2.05, 4.69) is 10.3 Å². The van der Waals surface area contributed by atoms with Gasteiger partial charge in [0.05, 0.1) is 12.8 Å². The summed E-state index contributed by atoms with van der Waals surface area (Å²) in [6.07, 6.45) is 0. The average molecular weight is 251 g/mol. The molecule has 94 valence electrons. The lowest BCUT2D eigenvalue weighted by Gasteiger charge is -2.09. The van der Waals surface area contributed by atoms with Crippen LogP contribution in [0.4, 0.5) is 4.39 Å². The van der Waals surface area contributed by atoms with Crippen molar-refractivity contribution in [3.05, 3.63) is 35.4 Å². The highest BCUT2D eigenvalue weighted by molar-refractivity contribution is 5.86. The third-order valence-electron chi connectivity index (χ3n) is 2.47. The molecule has 6 nitrogen and oxygen atoms in total. The molecule has 0 aliphatic heterocycles. The fraction of sp³-hybridized carbons (Fsp3) is 0.182. The molecular weight excluding hydrogens is 241 g/mol. The van der Waals surface area contributed by atoms with Crippen LogP contribution >= 0.6 is 0 Å². The molecule has 0 saturated heterocycles. The van der Waals surface area contributed by atoms with Crippen LogP contribution in [0.3, 0.4) is 0 Å². The molecule has 0 amide bonds. The summed E-state index contributed by atoms with van der Waals surface area (Å²) in [4.78, 5) is 10.9. The molecule has 1 heterocycles. The second-order valence-corrected chi connectivity index (χ2v) is 3.56. The SMILES string of the molecule is COc1ccc(F)cc1-n1nnc(C(=O)O)c1C. The Balaban J connectivity index is 2.61. The van der Waals surface area contributed by atoms with E-state index in [9.17, 15) is 9.18 Å². The number of benzene rings is 1. The predicted octanol–water partition coefficient (Wildman–Crippen LogP) is 1.42. The van der Waals surface area contributed by atoms with Crippen LogP contribution in [0.15, 0.2) is 18.2 Å². The van der Waals surface area contributed by atoms with Gasteiger partial charge in [0.25, 0.3) is 0 Å².